The SMILES string of the molecule is CCCc1c(OCCCOC2=C(CC)C=C(C(=[NH+]N)SN)C(O)C2C)cccc1Oc1ccccc1C(=O)O. The third kappa shape index (κ3) is 7.35. The summed E-state index contributed by atoms with van der Waals surface area (Å²) in [5, 5.41) is 29.1. The van der Waals surface area contributed by atoms with Crippen molar-refractivity contribution in [1.82, 2.24) is 0 Å². The lowest BCUT2D eigenvalue weighted by Crippen LogP contribution is -2.80. The highest BCUT2D eigenvalue weighted by Gasteiger charge is 2.34. The molecule has 9 nitrogen and oxygen atoms in total. The first-order chi connectivity index (χ1) is 18.9. The van der Waals surface area contributed by atoms with E-state index in [1.807, 2.05) is 38.1 Å². The molecule has 2 aromatic rings. The maximum absolute atomic E-state index is 11.6. The molecule has 1 aliphatic rings. The number of aliphatic hydroxyl groups is 1. The summed E-state index contributed by atoms with van der Waals surface area (Å²) in [5.74, 6) is 6.58. The predicted octanol–water partition coefficient (Wildman–Crippen LogP) is 3.48. The van der Waals surface area contributed by atoms with Crippen LogP contribution >= 0.6 is 11.9 Å². The minimum absolute atomic E-state index is 0.100. The molecular weight excluding hydrogens is 518 g/mol. The lowest BCUT2D eigenvalue weighted by atomic mass is 9.86. The van der Waals surface area contributed by atoms with Crippen LogP contribution in [0.4, 0.5) is 0 Å². The summed E-state index contributed by atoms with van der Waals surface area (Å²) in [5.41, 5.74) is 2.63. The zero-order valence-electron chi connectivity index (χ0n) is 22.6. The fourth-order valence-electron chi connectivity index (χ4n) is 4.48. The molecule has 0 bridgehead atoms. The van der Waals surface area contributed by atoms with Crippen molar-refractivity contribution in [3.05, 3.63) is 76.6 Å². The summed E-state index contributed by atoms with van der Waals surface area (Å²) >= 11 is 0.963. The number of aliphatic hydroxyl groups excluding tert-OH is 1. The van der Waals surface area contributed by atoms with Gasteiger partial charge in [-0.3, -0.25) is 5.14 Å². The van der Waals surface area contributed by atoms with Crippen molar-refractivity contribution in [3.63, 3.8) is 0 Å². The highest BCUT2D eigenvalue weighted by Crippen LogP contribution is 2.35. The number of ether oxygens (including phenoxy) is 3. The second-order valence-corrected chi connectivity index (χ2v) is 9.75. The molecule has 0 saturated heterocycles. The Kier molecular flexibility index (Phi) is 11.3. The van der Waals surface area contributed by atoms with Crippen LogP contribution < -0.4 is 25.6 Å². The van der Waals surface area contributed by atoms with Crippen LogP contribution in [0.5, 0.6) is 17.2 Å². The fourth-order valence-corrected chi connectivity index (χ4v) is 4.87. The molecule has 0 aliphatic heterocycles. The summed E-state index contributed by atoms with van der Waals surface area (Å²) in [7, 11) is 0. The van der Waals surface area contributed by atoms with Gasteiger partial charge in [-0.2, -0.15) is 0 Å². The molecule has 0 radical (unpaired) electrons. The van der Waals surface area contributed by atoms with Crippen molar-refractivity contribution >= 4 is 23.0 Å². The van der Waals surface area contributed by atoms with Crippen molar-refractivity contribution in [1.29, 1.82) is 0 Å². The van der Waals surface area contributed by atoms with E-state index in [0.717, 1.165) is 41.7 Å². The number of nitrogens with two attached hydrogens (primary N) is 2. The number of benzene rings is 2. The number of aromatic carboxylic acids is 1. The van der Waals surface area contributed by atoms with E-state index < -0.39 is 12.1 Å². The number of carboxylic acids is 1. The molecular formula is C29H38N3O6S+. The molecule has 2 unspecified atom stereocenters. The number of hydrazine groups is 1. The summed E-state index contributed by atoms with van der Waals surface area (Å²) in [6.45, 7) is 6.85. The van der Waals surface area contributed by atoms with Gasteiger partial charge < -0.3 is 24.4 Å². The highest BCUT2D eigenvalue weighted by atomic mass is 32.2. The van der Waals surface area contributed by atoms with Crippen LogP contribution in [0.2, 0.25) is 0 Å². The zero-order chi connectivity index (χ0) is 28.4. The molecule has 10 heteroatoms. The first-order valence-electron chi connectivity index (χ1n) is 13.1. The summed E-state index contributed by atoms with van der Waals surface area (Å²) < 4.78 is 18.3. The van der Waals surface area contributed by atoms with Gasteiger partial charge in [-0.05, 0) is 48.8 Å². The number of nitrogens with one attached hydrogen (secondary N) is 1. The second-order valence-electron chi connectivity index (χ2n) is 9.10. The van der Waals surface area contributed by atoms with Crippen LogP contribution in [-0.4, -0.2) is 40.5 Å². The molecule has 210 valence electrons. The van der Waals surface area contributed by atoms with Gasteiger partial charge in [-0.15, -0.1) is 5.10 Å². The van der Waals surface area contributed by atoms with E-state index in [1.54, 1.807) is 18.2 Å². The molecule has 1 aliphatic carbocycles. The average molecular weight is 557 g/mol. The number of allylic oxidation sites excluding steroid dienone is 2. The smallest absolute Gasteiger partial charge is 0.339 e. The van der Waals surface area contributed by atoms with Crippen molar-refractivity contribution in [2.75, 3.05) is 13.2 Å². The minimum atomic E-state index is -1.05. The van der Waals surface area contributed by atoms with Gasteiger partial charge in [0.15, 0.2) is 0 Å². The molecule has 2 atom stereocenters. The molecule has 0 heterocycles. The number of hydrogen-bond acceptors (Lipinski definition) is 8. The Morgan fingerprint density at radius 2 is 1.74 bits per heavy atom. The fraction of sp³-hybridized carbons (Fsp3) is 0.379. The molecule has 39 heavy (non-hydrogen) atoms. The third-order valence-corrected chi connectivity index (χ3v) is 7.06. The largest absolute Gasteiger partial charge is 0.497 e. The standard InChI is InChI=1S/C29H37N3O6S/c1-4-10-20-23(13-8-14-24(20)38-25-12-7-6-11-21(25)29(34)35)36-15-9-16-37-27-18(3)26(33)22(17-19(27)5-2)28(32-30)39-31/h6-8,11-14,17-18,26,33H,4-5,9-10,15-16,30-31H2,1-3H3,(H,34,35)/p+1. The van der Waals surface area contributed by atoms with E-state index in [0.29, 0.717) is 48.2 Å². The first-order valence-corrected chi connectivity index (χ1v) is 13.9. The van der Waals surface area contributed by atoms with Crippen molar-refractivity contribution in [3.8, 4) is 17.2 Å². The number of hydrogen-bond donors (Lipinski definition) is 5. The number of rotatable bonds is 13. The van der Waals surface area contributed by atoms with E-state index in [1.165, 1.54) is 6.07 Å². The lowest BCUT2D eigenvalue weighted by Gasteiger charge is -2.29. The Bertz CT molecular complexity index is 1240. The molecule has 0 fully saturated rings. The van der Waals surface area contributed by atoms with Crippen LogP contribution in [-0.2, 0) is 11.2 Å². The first kappa shape index (κ1) is 30.1. The molecule has 0 aromatic heterocycles. The van der Waals surface area contributed by atoms with Crippen molar-refractivity contribution < 1.29 is 34.3 Å². The number of carboxylic acid groups (broad SMARTS) is 1. The molecule has 0 amide bonds. The van der Waals surface area contributed by atoms with Gasteiger partial charge in [-0.1, -0.05) is 45.4 Å². The average Bonchev–Trinajstić information content (AvgIpc) is 2.94. The molecule has 7 N–H and O–H groups in total. The summed E-state index contributed by atoms with van der Waals surface area (Å²) in [6.07, 6.45) is 4.03. The lowest BCUT2D eigenvalue weighted by molar-refractivity contribution is -0.466. The Balaban J connectivity index is 1.67. The normalized spacial score (nSPS) is 17.6. The second kappa shape index (κ2) is 14.6. The number of hydrazone groups is 1. The van der Waals surface area contributed by atoms with Crippen LogP contribution in [0, 0.1) is 5.92 Å². The van der Waals surface area contributed by atoms with Gasteiger partial charge in [0.05, 0.1) is 24.9 Å². The predicted molar refractivity (Wildman–Crippen MR) is 152 cm³/mol. The Morgan fingerprint density at radius 3 is 2.41 bits per heavy atom. The van der Waals surface area contributed by atoms with E-state index >= 15 is 0 Å². The minimum Gasteiger partial charge on any atom is -0.497 e. The maximum Gasteiger partial charge on any atom is 0.339 e. The van der Waals surface area contributed by atoms with E-state index in [-0.39, 0.29) is 17.2 Å². The van der Waals surface area contributed by atoms with E-state index in [4.69, 9.17) is 25.2 Å². The Hall–Kier alpha value is -3.47. The van der Waals surface area contributed by atoms with Gasteiger partial charge >= 0.3 is 5.97 Å². The number of carbonyl (C=O) groups is 1. The summed E-state index contributed by atoms with van der Waals surface area (Å²) in [4.78, 5) is 11.6. The van der Waals surface area contributed by atoms with Gasteiger partial charge in [0.2, 0.25) is 0 Å². The Morgan fingerprint density at radius 1 is 1.05 bits per heavy atom. The summed E-state index contributed by atoms with van der Waals surface area (Å²) in [6, 6.07) is 12.1. The number of para-hydroxylation sites is 1. The van der Waals surface area contributed by atoms with Crippen LogP contribution in [0.15, 0.2) is 65.4 Å². The topological polar surface area (TPSA) is 151 Å². The zero-order valence-corrected chi connectivity index (χ0v) is 23.4. The molecule has 0 spiro atoms. The molecule has 2 aromatic carbocycles. The highest BCUT2D eigenvalue weighted by molar-refractivity contribution is 8.12. The van der Waals surface area contributed by atoms with Crippen LogP contribution in [0.1, 0.15) is 56.0 Å². The van der Waals surface area contributed by atoms with Crippen LogP contribution in [0.25, 0.3) is 0 Å². The molecule has 0 saturated carbocycles. The Labute approximate surface area is 233 Å². The maximum atomic E-state index is 11.6. The quantitative estimate of drug-likeness (QED) is 0.0624. The van der Waals surface area contributed by atoms with E-state index in [9.17, 15) is 15.0 Å². The van der Waals surface area contributed by atoms with E-state index in [2.05, 4.69) is 12.0 Å². The van der Waals surface area contributed by atoms with Crippen molar-refractivity contribution in [2.24, 2.45) is 16.9 Å². The van der Waals surface area contributed by atoms with Gasteiger partial charge in [-0.25, -0.2) is 10.6 Å². The van der Waals surface area contributed by atoms with Gasteiger partial charge in [0.1, 0.15) is 28.6 Å². The monoisotopic (exact) mass is 556 g/mol. The third-order valence-electron chi connectivity index (χ3n) is 6.48. The molecule has 3 rings (SSSR count). The van der Waals surface area contributed by atoms with Crippen LogP contribution in [0.3, 0.4) is 0 Å². The van der Waals surface area contributed by atoms with Gasteiger partial charge in [0, 0.05) is 29.9 Å². The van der Waals surface area contributed by atoms with Crippen molar-refractivity contribution in [2.45, 2.75) is 52.6 Å². The van der Waals surface area contributed by atoms with Gasteiger partial charge in [0.25, 0.3) is 5.04 Å².